The molecule has 0 saturated heterocycles. The third-order valence-corrected chi connectivity index (χ3v) is 2.42. The van der Waals surface area contributed by atoms with E-state index in [1.54, 1.807) is 24.2 Å². The van der Waals surface area contributed by atoms with Gasteiger partial charge in [-0.2, -0.15) is 0 Å². The summed E-state index contributed by atoms with van der Waals surface area (Å²) in [6.45, 7) is 3.65. The molecule has 0 amide bonds. The molecule has 0 fully saturated rings. The number of allylic oxidation sites excluding steroid dienone is 1. The Bertz CT molecular complexity index is 455. The standard InChI is InChI=1S/C9H9N3S/c1-2-3-7-9(11-5-10-7)8-4-13-6-12-8/h2-3,5-6H,1,4H2,(H,10,11)/b7-3+,9-8-. The highest BCUT2D eigenvalue weighted by atomic mass is 32.2. The molecule has 0 aromatic carbocycles. The molecule has 13 heavy (non-hydrogen) atoms. The SMILES string of the molecule is C=C/C=c1/[nH]cn/c1=C1/CSC=N1. The summed E-state index contributed by atoms with van der Waals surface area (Å²) in [7, 11) is 0. The van der Waals surface area contributed by atoms with Crippen molar-refractivity contribution in [2.75, 3.05) is 5.75 Å². The van der Waals surface area contributed by atoms with Crippen LogP contribution in [-0.2, 0) is 0 Å². The van der Waals surface area contributed by atoms with E-state index in [0.29, 0.717) is 0 Å². The number of nitrogens with zero attached hydrogens (tertiary/aromatic N) is 2. The second-order valence-corrected chi connectivity index (χ2v) is 3.39. The first-order valence-electron chi connectivity index (χ1n) is 3.91. The first-order valence-corrected chi connectivity index (χ1v) is 4.96. The zero-order chi connectivity index (χ0) is 9.10. The van der Waals surface area contributed by atoms with Gasteiger partial charge in [-0.3, -0.25) is 4.99 Å². The number of H-pyrrole nitrogens is 1. The van der Waals surface area contributed by atoms with Gasteiger partial charge in [0.2, 0.25) is 0 Å². The van der Waals surface area contributed by atoms with Crippen LogP contribution in [0.25, 0.3) is 11.8 Å². The Hall–Kier alpha value is -1.29. The molecule has 0 spiro atoms. The minimum absolute atomic E-state index is 0.906. The minimum Gasteiger partial charge on any atom is -0.345 e. The summed E-state index contributed by atoms with van der Waals surface area (Å²) in [5, 5.41) is 1.91. The van der Waals surface area contributed by atoms with Gasteiger partial charge in [0, 0.05) is 5.75 Å². The van der Waals surface area contributed by atoms with Crippen molar-refractivity contribution in [3.63, 3.8) is 0 Å². The van der Waals surface area contributed by atoms with Crippen molar-refractivity contribution in [2.45, 2.75) is 0 Å². The Morgan fingerprint density at radius 3 is 3.23 bits per heavy atom. The summed E-state index contributed by atoms with van der Waals surface area (Å²) in [6, 6.07) is 0. The van der Waals surface area contributed by atoms with Gasteiger partial charge in [0.15, 0.2) is 0 Å². The quantitative estimate of drug-likeness (QED) is 0.691. The second-order valence-electron chi connectivity index (χ2n) is 2.56. The van der Waals surface area contributed by atoms with E-state index in [4.69, 9.17) is 0 Å². The summed E-state index contributed by atoms with van der Waals surface area (Å²) in [4.78, 5) is 11.5. The molecule has 1 N–H and O–H groups in total. The molecule has 1 aromatic rings. The van der Waals surface area contributed by atoms with Crippen molar-refractivity contribution >= 4 is 29.1 Å². The Balaban J connectivity index is 2.69. The average Bonchev–Trinajstić information content (AvgIpc) is 2.71. The van der Waals surface area contributed by atoms with Crippen molar-refractivity contribution in [3.05, 3.63) is 29.7 Å². The topological polar surface area (TPSA) is 41.0 Å². The highest BCUT2D eigenvalue weighted by molar-refractivity contribution is 8.12. The molecule has 0 unspecified atom stereocenters. The Labute approximate surface area is 80.0 Å². The largest absolute Gasteiger partial charge is 0.345 e. The van der Waals surface area contributed by atoms with Gasteiger partial charge in [0.05, 0.1) is 22.9 Å². The predicted molar refractivity (Wildman–Crippen MR) is 56.9 cm³/mol. The number of thioether (sulfide) groups is 1. The number of aromatic amines is 1. The van der Waals surface area contributed by atoms with Crippen LogP contribution in [0.5, 0.6) is 0 Å². The van der Waals surface area contributed by atoms with Gasteiger partial charge in [0.1, 0.15) is 5.35 Å². The van der Waals surface area contributed by atoms with Crippen LogP contribution in [0.3, 0.4) is 0 Å². The molecule has 0 radical (unpaired) electrons. The molecular weight excluding hydrogens is 182 g/mol. The van der Waals surface area contributed by atoms with Crippen molar-refractivity contribution in [1.82, 2.24) is 9.97 Å². The maximum absolute atomic E-state index is 4.24. The molecule has 0 saturated carbocycles. The Morgan fingerprint density at radius 2 is 2.54 bits per heavy atom. The average molecular weight is 191 g/mol. The first-order chi connectivity index (χ1) is 6.42. The van der Waals surface area contributed by atoms with Crippen LogP contribution in [-0.4, -0.2) is 21.3 Å². The molecule has 1 aliphatic heterocycles. The lowest BCUT2D eigenvalue weighted by molar-refractivity contribution is 1.27. The summed E-state index contributed by atoms with van der Waals surface area (Å²) >= 11 is 1.68. The molecule has 0 bridgehead atoms. The lowest BCUT2D eigenvalue weighted by Crippen LogP contribution is -2.26. The normalized spacial score (nSPS) is 21.1. The van der Waals surface area contributed by atoms with Crippen LogP contribution in [0, 0.1) is 0 Å². The summed E-state index contributed by atoms with van der Waals surface area (Å²) < 4.78 is 0. The summed E-state index contributed by atoms with van der Waals surface area (Å²) in [5.74, 6) is 0.906. The van der Waals surface area contributed by atoms with Gasteiger partial charge in [-0.25, -0.2) is 4.98 Å². The van der Waals surface area contributed by atoms with Gasteiger partial charge >= 0.3 is 0 Å². The zero-order valence-electron chi connectivity index (χ0n) is 7.03. The van der Waals surface area contributed by atoms with E-state index in [1.807, 2.05) is 11.6 Å². The monoisotopic (exact) mass is 191 g/mol. The highest BCUT2D eigenvalue weighted by Crippen LogP contribution is 2.12. The molecule has 3 nitrogen and oxygen atoms in total. The fourth-order valence-corrected chi connectivity index (χ4v) is 1.81. The van der Waals surface area contributed by atoms with Gasteiger partial charge in [-0.1, -0.05) is 12.7 Å². The van der Waals surface area contributed by atoms with Crippen molar-refractivity contribution in [2.24, 2.45) is 4.99 Å². The van der Waals surface area contributed by atoms with E-state index in [1.165, 1.54) is 0 Å². The van der Waals surface area contributed by atoms with Crippen molar-refractivity contribution in [1.29, 1.82) is 0 Å². The molecule has 1 aromatic heterocycles. The first kappa shape index (κ1) is 8.31. The predicted octanol–water partition coefficient (Wildman–Crippen LogP) is 0.259. The molecular formula is C9H9N3S. The van der Waals surface area contributed by atoms with Crippen molar-refractivity contribution < 1.29 is 0 Å². The maximum atomic E-state index is 4.24. The van der Waals surface area contributed by atoms with E-state index in [2.05, 4.69) is 21.5 Å². The number of rotatable bonds is 1. The van der Waals surface area contributed by atoms with E-state index < -0.39 is 0 Å². The molecule has 1 aliphatic rings. The summed E-state index contributed by atoms with van der Waals surface area (Å²) in [6.07, 6.45) is 5.31. The van der Waals surface area contributed by atoms with E-state index in [-0.39, 0.29) is 0 Å². The van der Waals surface area contributed by atoms with Gasteiger partial charge < -0.3 is 4.98 Å². The fourth-order valence-electron chi connectivity index (χ4n) is 1.16. The molecule has 0 atom stereocenters. The van der Waals surface area contributed by atoms with E-state index in [9.17, 15) is 0 Å². The third kappa shape index (κ3) is 1.58. The maximum Gasteiger partial charge on any atom is 0.111 e. The number of aliphatic imine (C=N–C) groups is 1. The van der Waals surface area contributed by atoms with Gasteiger partial charge in [-0.15, -0.1) is 11.8 Å². The zero-order valence-corrected chi connectivity index (χ0v) is 7.84. The number of imidazole rings is 1. The van der Waals surface area contributed by atoms with E-state index >= 15 is 0 Å². The number of nitrogens with one attached hydrogen (secondary N) is 1. The van der Waals surface area contributed by atoms with Crippen LogP contribution in [0.1, 0.15) is 0 Å². The van der Waals surface area contributed by atoms with Gasteiger partial charge in [-0.05, 0) is 6.08 Å². The lowest BCUT2D eigenvalue weighted by atomic mass is 10.4. The van der Waals surface area contributed by atoms with Crippen LogP contribution in [0.2, 0.25) is 0 Å². The fraction of sp³-hybridized carbons (Fsp3) is 0.111. The number of hydrogen-bond acceptors (Lipinski definition) is 3. The molecule has 2 rings (SSSR count). The molecule has 0 aliphatic carbocycles. The number of aromatic nitrogens is 2. The van der Waals surface area contributed by atoms with Gasteiger partial charge in [0.25, 0.3) is 0 Å². The Kier molecular flexibility index (Phi) is 2.31. The molecule has 66 valence electrons. The highest BCUT2D eigenvalue weighted by Gasteiger charge is 2.04. The Morgan fingerprint density at radius 1 is 1.62 bits per heavy atom. The smallest absolute Gasteiger partial charge is 0.111 e. The number of hydrogen-bond donors (Lipinski definition) is 1. The molecule has 4 heteroatoms. The van der Waals surface area contributed by atoms with Crippen LogP contribution in [0.15, 0.2) is 24.0 Å². The van der Waals surface area contributed by atoms with Crippen molar-refractivity contribution in [3.8, 4) is 0 Å². The van der Waals surface area contributed by atoms with Crippen LogP contribution >= 0.6 is 11.8 Å². The van der Waals surface area contributed by atoms with Crippen LogP contribution in [0.4, 0.5) is 0 Å². The second kappa shape index (κ2) is 3.62. The van der Waals surface area contributed by atoms with Crippen LogP contribution < -0.4 is 10.7 Å². The third-order valence-electron chi connectivity index (χ3n) is 1.73. The van der Waals surface area contributed by atoms with E-state index in [0.717, 1.165) is 22.1 Å². The molecule has 2 heterocycles. The minimum atomic E-state index is 0.906. The summed E-state index contributed by atoms with van der Waals surface area (Å²) in [5.41, 5.74) is 2.88. The lowest BCUT2D eigenvalue weighted by Gasteiger charge is -1.85.